The van der Waals surface area contributed by atoms with Gasteiger partial charge in [0.05, 0.1) is 7.11 Å². The van der Waals surface area contributed by atoms with Crippen molar-refractivity contribution in [3.8, 4) is 11.6 Å². The summed E-state index contributed by atoms with van der Waals surface area (Å²) >= 11 is 0. The standard InChI is InChI=1S/C14H16FN3O3/c1-20-13-6-7-16-14(18-13)17-8-11(19)9-21-12-4-2-10(15)3-5-12/h2-7,11,19H,8-9H2,1H3,(H,16,17,18). The summed E-state index contributed by atoms with van der Waals surface area (Å²) in [5.41, 5.74) is 0. The van der Waals surface area contributed by atoms with Crippen molar-refractivity contribution in [3.63, 3.8) is 0 Å². The third-order valence-corrected chi connectivity index (χ3v) is 2.59. The molecule has 6 nitrogen and oxygen atoms in total. The molecule has 2 rings (SSSR count). The van der Waals surface area contributed by atoms with Crippen LogP contribution in [0, 0.1) is 5.82 Å². The lowest BCUT2D eigenvalue weighted by Gasteiger charge is -2.13. The van der Waals surface area contributed by atoms with Crippen molar-refractivity contribution in [2.24, 2.45) is 0 Å². The quantitative estimate of drug-likeness (QED) is 0.805. The molecule has 21 heavy (non-hydrogen) atoms. The second-order valence-corrected chi connectivity index (χ2v) is 4.22. The zero-order valence-electron chi connectivity index (χ0n) is 11.5. The molecule has 112 valence electrons. The molecular formula is C14H16FN3O3. The first-order chi connectivity index (χ1) is 10.2. The molecule has 1 unspecified atom stereocenters. The number of ether oxygens (including phenoxy) is 2. The molecule has 0 radical (unpaired) electrons. The van der Waals surface area contributed by atoms with Crippen LogP contribution in [0.2, 0.25) is 0 Å². The molecule has 0 aliphatic heterocycles. The molecular weight excluding hydrogens is 277 g/mol. The number of aliphatic hydroxyl groups is 1. The van der Waals surface area contributed by atoms with Crippen LogP contribution < -0.4 is 14.8 Å². The summed E-state index contributed by atoms with van der Waals surface area (Å²) in [4.78, 5) is 8.04. The van der Waals surface area contributed by atoms with Gasteiger partial charge in [-0.3, -0.25) is 0 Å². The lowest BCUT2D eigenvalue weighted by molar-refractivity contribution is 0.117. The van der Waals surface area contributed by atoms with Crippen molar-refractivity contribution in [3.05, 3.63) is 42.3 Å². The van der Waals surface area contributed by atoms with Crippen LogP contribution in [0.3, 0.4) is 0 Å². The smallest absolute Gasteiger partial charge is 0.226 e. The number of hydrogen-bond acceptors (Lipinski definition) is 6. The summed E-state index contributed by atoms with van der Waals surface area (Å²) in [6.07, 6.45) is 0.792. The average Bonchev–Trinajstić information content (AvgIpc) is 2.52. The van der Waals surface area contributed by atoms with E-state index < -0.39 is 6.10 Å². The number of hydrogen-bond donors (Lipinski definition) is 2. The molecule has 0 saturated carbocycles. The number of benzene rings is 1. The molecule has 0 bridgehead atoms. The van der Waals surface area contributed by atoms with Gasteiger partial charge in [0.1, 0.15) is 24.3 Å². The SMILES string of the molecule is COc1ccnc(NCC(O)COc2ccc(F)cc2)n1. The lowest BCUT2D eigenvalue weighted by Crippen LogP contribution is -2.27. The van der Waals surface area contributed by atoms with Crippen LogP contribution >= 0.6 is 0 Å². The first-order valence-corrected chi connectivity index (χ1v) is 6.34. The maximum atomic E-state index is 12.7. The molecule has 7 heteroatoms. The number of nitrogens with one attached hydrogen (secondary N) is 1. The third kappa shape index (κ3) is 4.88. The first-order valence-electron chi connectivity index (χ1n) is 6.34. The highest BCUT2D eigenvalue weighted by molar-refractivity contribution is 5.27. The van der Waals surface area contributed by atoms with E-state index in [2.05, 4.69) is 15.3 Å². The van der Waals surface area contributed by atoms with Crippen molar-refractivity contribution >= 4 is 5.95 Å². The topological polar surface area (TPSA) is 76.5 Å². The van der Waals surface area contributed by atoms with E-state index in [1.54, 1.807) is 12.3 Å². The van der Waals surface area contributed by atoms with Gasteiger partial charge in [0.25, 0.3) is 0 Å². The molecule has 1 atom stereocenters. The summed E-state index contributed by atoms with van der Waals surface area (Å²) in [6.45, 7) is 0.289. The van der Waals surface area contributed by atoms with Crippen molar-refractivity contribution < 1.29 is 19.0 Å². The highest BCUT2D eigenvalue weighted by Crippen LogP contribution is 2.11. The van der Waals surface area contributed by atoms with Gasteiger partial charge in [-0.05, 0) is 24.3 Å². The minimum Gasteiger partial charge on any atom is -0.491 e. The molecule has 2 aromatic rings. The van der Waals surface area contributed by atoms with E-state index >= 15 is 0 Å². The van der Waals surface area contributed by atoms with E-state index in [-0.39, 0.29) is 19.0 Å². The molecule has 1 aromatic heterocycles. The Balaban J connectivity index is 1.76. The minimum absolute atomic E-state index is 0.0720. The third-order valence-electron chi connectivity index (χ3n) is 2.59. The van der Waals surface area contributed by atoms with E-state index in [4.69, 9.17) is 9.47 Å². The Morgan fingerprint density at radius 2 is 2.05 bits per heavy atom. The summed E-state index contributed by atoms with van der Waals surface area (Å²) in [7, 11) is 1.51. The highest BCUT2D eigenvalue weighted by atomic mass is 19.1. The van der Waals surface area contributed by atoms with Gasteiger partial charge in [0, 0.05) is 18.8 Å². The Labute approximate surface area is 121 Å². The fraction of sp³-hybridized carbons (Fsp3) is 0.286. The number of nitrogens with zero attached hydrogens (tertiary/aromatic N) is 2. The number of aliphatic hydroxyl groups excluding tert-OH is 1. The number of aromatic nitrogens is 2. The zero-order chi connectivity index (χ0) is 15.1. The van der Waals surface area contributed by atoms with Crippen LogP contribution in [-0.4, -0.2) is 41.4 Å². The summed E-state index contributed by atoms with van der Waals surface area (Å²) in [5.74, 6) is 0.951. The van der Waals surface area contributed by atoms with Crippen LogP contribution in [0.5, 0.6) is 11.6 Å². The fourth-order valence-corrected chi connectivity index (χ4v) is 1.53. The lowest BCUT2D eigenvalue weighted by atomic mass is 10.3. The molecule has 0 spiro atoms. The Kier molecular flexibility index (Phi) is 5.28. The highest BCUT2D eigenvalue weighted by Gasteiger charge is 2.07. The predicted molar refractivity (Wildman–Crippen MR) is 75.0 cm³/mol. The Bertz CT molecular complexity index is 566. The Morgan fingerprint density at radius 3 is 2.76 bits per heavy atom. The van der Waals surface area contributed by atoms with Gasteiger partial charge >= 0.3 is 0 Å². The first kappa shape index (κ1) is 15.0. The van der Waals surface area contributed by atoms with Crippen LogP contribution in [-0.2, 0) is 0 Å². The van der Waals surface area contributed by atoms with Gasteiger partial charge < -0.3 is 19.9 Å². The summed E-state index contributed by atoms with van der Waals surface area (Å²) in [6, 6.07) is 7.22. The molecule has 1 heterocycles. The predicted octanol–water partition coefficient (Wildman–Crippen LogP) is 1.48. The number of methoxy groups -OCH3 is 1. The van der Waals surface area contributed by atoms with Crippen LogP contribution in [0.1, 0.15) is 0 Å². The van der Waals surface area contributed by atoms with E-state index in [0.29, 0.717) is 17.6 Å². The van der Waals surface area contributed by atoms with E-state index in [0.717, 1.165) is 0 Å². The molecule has 0 aliphatic carbocycles. The normalized spacial score (nSPS) is 11.8. The minimum atomic E-state index is -0.759. The second kappa shape index (κ2) is 7.39. The van der Waals surface area contributed by atoms with Crippen molar-refractivity contribution in [2.45, 2.75) is 6.10 Å². The summed E-state index contributed by atoms with van der Waals surface area (Å²) < 4.78 is 23.0. The Hall–Kier alpha value is -2.41. The monoisotopic (exact) mass is 293 g/mol. The average molecular weight is 293 g/mol. The molecule has 0 aliphatic rings. The maximum Gasteiger partial charge on any atom is 0.226 e. The fourth-order valence-electron chi connectivity index (χ4n) is 1.53. The molecule has 0 amide bonds. The Morgan fingerprint density at radius 1 is 1.29 bits per heavy atom. The van der Waals surface area contributed by atoms with Crippen LogP contribution in [0.25, 0.3) is 0 Å². The maximum absolute atomic E-state index is 12.7. The number of rotatable bonds is 7. The molecule has 2 N–H and O–H groups in total. The number of halogens is 1. The van der Waals surface area contributed by atoms with E-state index in [9.17, 15) is 9.50 Å². The van der Waals surface area contributed by atoms with Crippen LogP contribution in [0.15, 0.2) is 36.5 Å². The van der Waals surface area contributed by atoms with Crippen molar-refractivity contribution in [2.75, 3.05) is 25.6 Å². The van der Waals surface area contributed by atoms with Gasteiger partial charge in [-0.25, -0.2) is 9.37 Å². The van der Waals surface area contributed by atoms with Crippen molar-refractivity contribution in [1.29, 1.82) is 0 Å². The molecule has 0 saturated heterocycles. The number of anilines is 1. The largest absolute Gasteiger partial charge is 0.491 e. The second-order valence-electron chi connectivity index (χ2n) is 4.22. The molecule has 0 fully saturated rings. The van der Waals surface area contributed by atoms with E-state index in [1.807, 2.05) is 0 Å². The van der Waals surface area contributed by atoms with Gasteiger partial charge in [-0.2, -0.15) is 4.98 Å². The van der Waals surface area contributed by atoms with Crippen LogP contribution in [0.4, 0.5) is 10.3 Å². The van der Waals surface area contributed by atoms with E-state index in [1.165, 1.54) is 31.4 Å². The zero-order valence-corrected chi connectivity index (χ0v) is 11.5. The van der Waals surface area contributed by atoms with Gasteiger partial charge in [0.15, 0.2) is 0 Å². The summed E-state index contributed by atoms with van der Waals surface area (Å²) in [5, 5.41) is 12.7. The van der Waals surface area contributed by atoms with Crippen molar-refractivity contribution in [1.82, 2.24) is 9.97 Å². The molecule has 1 aromatic carbocycles. The van der Waals surface area contributed by atoms with Gasteiger partial charge in [-0.1, -0.05) is 0 Å². The van der Waals surface area contributed by atoms with Gasteiger partial charge in [-0.15, -0.1) is 0 Å². The van der Waals surface area contributed by atoms with Gasteiger partial charge in [0.2, 0.25) is 11.8 Å².